The van der Waals surface area contributed by atoms with Crippen molar-refractivity contribution in [1.82, 2.24) is 0 Å². The van der Waals surface area contributed by atoms with E-state index in [-0.39, 0.29) is 0 Å². The Bertz CT molecular complexity index is 460. The van der Waals surface area contributed by atoms with Crippen LogP contribution in [0.1, 0.15) is 52.5 Å². The zero-order chi connectivity index (χ0) is 15.9. The molecule has 0 aromatic heterocycles. The third-order valence-corrected chi connectivity index (χ3v) is 4.83. The van der Waals surface area contributed by atoms with Crippen LogP contribution in [0.5, 0.6) is 0 Å². The molecular weight excluding hydrogens is 268 g/mol. The molecule has 1 aliphatic carbocycles. The van der Waals surface area contributed by atoms with Gasteiger partial charge in [0.05, 0.1) is 13.2 Å². The summed E-state index contributed by atoms with van der Waals surface area (Å²) in [4.78, 5) is 0. The van der Waals surface area contributed by atoms with Crippen molar-refractivity contribution in [2.75, 3.05) is 6.61 Å². The van der Waals surface area contributed by atoms with Crippen LogP contribution in [-0.2, 0) is 11.3 Å². The fraction of sp³-hybridized carbons (Fsp3) is 0.619. The summed E-state index contributed by atoms with van der Waals surface area (Å²) in [7, 11) is 0. The van der Waals surface area contributed by atoms with Crippen molar-refractivity contribution in [3.63, 3.8) is 0 Å². The fourth-order valence-corrected chi connectivity index (χ4v) is 3.61. The van der Waals surface area contributed by atoms with Crippen LogP contribution in [0.2, 0.25) is 0 Å². The average Bonchev–Trinajstić information content (AvgIpc) is 2.48. The van der Waals surface area contributed by atoms with Gasteiger partial charge in [0.1, 0.15) is 0 Å². The van der Waals surface area contributed by atoms with Crippen molar-refractivity contribution in [3.8, 4) is 0 Å². The lowest BCUT2D eigenvalue weighted by Gasteiger charge is -2.33. The predicted octanol–water partition coefficient (Wildman–Crippen LogP) is 5.86. The van der Waals surface area contributed by atoms with Gasteiger partial charge in [-0.25, -0.2) is 0 Å². The van der Waals surface area contributed by atoms with Gasteiger partial charge >= 0.3 is 0 Å². The third-order valence-electron chi connectivity index (χ3n) is 4.83. The van der Waals surface area contributed by atoms with Crippen LogP contribution < -0.4 is 0 Å². The van der Waals surface area contributed by atoms with Crippen LogP contribution >= 0.6 is 0 Å². The molecule has 0 bridgehead atoms. The third kappa shape index (κ3) is 5.28. The van der Waals surface area contributed by atoms with Crippen LogP contribution in [-0.4, -0.2) is 6.61 Å². The largest absolute Gasteiger partial charge is 0.376 e. The maximum Gasteiger partial charge on any atom is 0.0717 e. The van der Waals surface area contributed by atoms with Crippen molar-refractivity contribution in [3.05, 3.63) is 47.5 Å². The molecule has 122 valence electrons. The van der Waals surface area contributed by atoms with Crippen LogP contribution in [0.4, 0.5) is 0 Å². The van der Waals surface area contributed by atoms with Crippen LogP contribution in [0, 0.1) is 23.7 Å². The Morgan fingerprint density at radius 3 is 2.55 bits per heavy atom. The number of benzene rings is 1. The molecule has 0 aliphatic heterocycles. The van der Waals surface area contributed by atoms with E-state index in [2.05, 4.69) is 58.0 Å². The van der Waals surface area contributed by atoms with E-state index in [4.69, 9.17) is 4.74 Å². The van der Waals surface area contributed by atoms with Gasteiger partial charge in [-0.1, -0.05) is 69.7 Å². The smallest absolute Gasteiger partial charge is 0.0717 e. The molecule has 0 amide bonds. The fourth-order valence-electron chi connectivity index (χ4n) is 3.61. The second kappa shape index (κ2) is 8.53. The summed E-state index contributed by atoms with van der Waals surface area (Å²) in [5.41, 5.74) is 2.94. The van der Waals surface area contributed by atoms with E-state index in [0.29, 0.717) is 5.92 Å². The quantitative estimate of drug-likeness (QED) is 0.598. The van der Waals surface area contributed by atoms with E-state index in [1.165, 1.54) is 24.8 Å². The summed E-state index contributed by atoms with van der Waals surface area (Å²) in [5.74, 6) is 2.90. The van der Waals surface area contributed by atoms with E-state index < -0.39 is 0 Å². The van der Waals surface area contributed by atoms with E-state index >= 15 is 0 Å². The van der Waals surface area contributed by atoms with Crippen LogP contribution in [0.3, 0.4) is 0 Å². The topological polar surface area (TPSA) is 9.23 Å². The van der Waals surface area contributed by atoms with E-state index in [9.17, 15) is 0 Å². The first kappa shape index (κ1) is 17.3. The molecular formula is C21H32O. The number of hydrogen-bond donors (Lipinski definition) is 0. The highest BCUT2D eigenvalue weighted by molar-refractivity contribution is 5.14. The van der Waals surface area contributed by atoms with Crippen molar-refractivity contribution < 1.29 is 4.74 Å². The Balaban J connectivity index is 1.86. The van der Waals surface area contributed by atoms with Gasteiger partial charge in [0, 0.05) is 0 Å². The van der Waals surface area contributed by atoms with Crippen molar-refractivity contribution in [1.29, 1.82) is 0 Å². The number of rotatable bonds is 6. The lowest BCUT2D eigenvalue weighted by atomic mass is 9.73. The normalized spacial score (nSPS) is 25.6. The number of hydrogen-bond acceptors (Lipinski definition) is 1. The summed E-state index contributed by atoms with van der Waals surface area (Å²) >= 11 is 0. The van der Waals surface area contributed by atoms with Crippen LogP contribution in [0.25, 0.3) is 0 Å². The van der Waals surface area contributed by atoms with Crippen LogP contribution in [0.15, 0.2) is 42.0 Å². The molecule has 0 radical (unpaired) electrons. The van der Waals surface area contributed by atoms with Gasteiger partial charge in [0.15, 0.2) is 0 Å². The molecule has 1 fully saturated rings. The second-order valence-corrected chi connectivity index (χ2v) is 7.46. The zero-order valence-corrected chi connectivity index (χ0v) is 14.7. The standard InChI is InChI=1S/C21H32O/c1-16(2)21-11-10-17(3)12-20(21)13-18(4)14-22-15-19-8-6-5-7-9-19/h5-9,13,16-18,21H,10-12,14-15H2,1-4H3/b20-13+/t17-,18+,21+/m1/s1. The number of ether oxygens (including phenoxy) is 1. The predicted molar refractivity (Wildman–Crippen MR) is 94.7 cm³/mol. The van der Waals surface area contributed by atoms with E-state index in [1.807, 2.05) is 6.07 Å². The maximum absolute atomic E-state index is 5.90. The highest BCUT2D eigenvalue weighted by Crippen LogP contribution is 2.38. The molecule has 2 rings (SSSR count). The molecule has 1 aliphatic rings. The summed E-state index contributed by atoms with van der Waals surface area (Å²) in [6.07, 6.45) is 6.54. The molecule has 1 aromatic carbocycles. The zero-order valence-electron chi connectivity index (χ0n) is 14.7. The molecule has 3 atom stereocenters. The lowest BCUT2D eigenvalue weighted by Crippen LogP contribution is -2.21. The summed E-state index contributed by atoms with van der Waals surface area (Å²) in [6.45, 7) is 10.9. The SMILES string of the molecule is CC(C)[C@@H]1CC[C@@H](C)C/C1=C\[C@H](C)COCc1ccccc1. The molecule has 1 saturated carbocycles. The molecule has 1 aromatic rings. The van der Waals surface area contributed by atoms with Gasteiger partial charge in [0.25, 0.3) is 0 Å². The van der Waals surface area contributed by atoms with Gasteiger partial charge in [-0.05, 0) is 48.5 Å². The molecule has 1 nitrogen and oxygen atoms in total. The van der Waals surface area contributed by atoms with Gasteiger partial charge in [-0.15, -0.1) is 0 Å². The van der Waals surface area contributed by atoms with Gasteiger partial charge in [-0.2, -0.15) is 0 Å². The maximum atomic E-state index is 5.90. The lowest BCUT2D eigenvalue weighted by molar-refractivity contribution is 0.103. The monoisotopic (exact) mass is 300 g/mol. The Labute approximate surface area is 136 Å². The molecule has 0 N–H and O–H groups in total. The molecule has 0 spiro atoms. The van der Waals surface area contributed by atoms with E-state index in [1.54, 1.807) is 5.57 Å². The van der Waals surface area contributed by atoms with Crippen molar-refractivity contribution in [2.45, 2.75) is 53.6 Å². The molecule has 22 heavy (non-hydrogen) atoms. The molecule has 0 saturated heterocycles. The Morgan fingerprint density at radius 2 is 1.86 bits per heavy atom. The van der Waals surface area contributed by atoms with Crippen molar-refractivity contribution in [2.24, 2.45) is 23.7 Å². The van der Waals surface area contributed by atoms with Gasteiger partial charge in [-0.3, -0.25) is 0 Å². The minimum absolute atomic E-state index is 0.505. The Kier molecular flexibility index (Phi) is 6.70. The van der Waals surface area contributed by atoms with Gasteiger partial charge in [0.2, 0.25) is 0 Å². The Morgan fingerprint density at radius 1 is 1.14 bits per heavy atom. The second-order valence-electron chi connectivity index (χ2n) is 7.46. The first-order chi connectivity index (χ1) is 10.6. The Hall–Kier alpha value is -1.08. The minimum Gasteiger partial charge on any atom is -0.376 e. The highest BCUT2D eigenvalue weighted by atomic mass is 16.5. The van der Waals surface area contributed by atoms with Gasteiger partial charge < -0.3 is 4.74 Å². The molecule has 1 heteroatoms. The highest BCUT2D eigenvalue weighted by Gasteiger charge is 2.25. The summed E-state index contributed by atoms with van der Waals surface area (Å²) in [6, 6.07) is 10.4. The van der Waals surface area contributed by atoms with Crippen molar-refractivity contribution >= 4 is 0 Å². The number of allylic oxidation sites excluding steroid dienone is 1. The summed E-state index contributed by atoms with van der Waals surface area (Å²) in [5, 5.41) is 0. The average molecular weight is 300 g/mol. The first-order valence-corrected chi connectivity index (χ1v) is 8.88. The molecule has 0 unspecified atom stereocenters. The van der Waals surface area contributed by atoms with E-state index in [0.717, 1.165) is 31.0 Å². The summed E-state index contributed by atoms with van der Waals surface area (Å²) < 4.78 is 5.90. The minimum atomic E-state index is 0.505. The first-order valence-electron chi connectivity index (χ1n) is 8.88. The molecule has 0 heterocycles.